The predicted molar refractivity (Wildman–Crippen MR) is 132 cm³/mol. The number of thiophene rings is 1. The summed E-state index contributed by atoms with van der Waals surface area (Å²) in [5, 5.41) is 5.74. The van der Waals surface area contributed by atoms with E-state index in [4.69, 9.17) is 16.3 Å². The number of thioether (sulfide) groups is 1. The summed E-state index contributed by atoms with van der Waals surface area (Å²) >= 11 is 8.72. The summed E-state index contributed by atoms with van der Waals surface area (Å²) in [5.41, 5.74) is 2.91. The first-order valence-corrected chi connectivity index (χ1v) is 12.0. The summed E-state index contributed by atoms with van der Waals surface area (Å²) in [4.78, 5) is 30.4. The minimum absolute atomic E-state index is 0.0967. The summed E-state index contributed by atoms with van der Waals surface area (Å²) in [5.74, 6) is 0.577. The second-order valence-electron chi connectivity index (χ2n) is 7.03. The Kier molecular flexibility index (Phi) is 6.83. The second-order valence-corrected chi connectivity index (χ2v) is 9.30. The second kappa shape index (κ2) is 9.77. The van der Waals surface area contributed by atoms with Crippen molar-refractivity contribution in [1.82, 2.24) is 9.55 Å². The zero-order valence-electron chi connectivity index (χ0n) is 17.4. The van der Waals surface area contributed by atoms with E-state index in [9.17, 15) is 9.59 Å². The van der Waals surface area contributed by atoms with Crippen molar-refractivity contribution >= 4 is 56.5 Å². The van der Waals surface area contributed by atoms with Crippen molar-refractivity contribution in [3.63, 3.8) is 0 Å². The highest BCUT2D eigenvalue weighted by atomic mass is 35.5. The average Bonchev–Trinajstić information content (AvgIpc) is 3.26. The first-order chi connectivity index (χ1) is 15.5. The highest BCUT2D eigenvalue weighted by molar-refractivity contribution is 7.99. The molecule has 0 aliphatic carbocycles. The Hall–Kier alpha value is -2.81. The van der Waals surface area contributed by atoms with E-state index in [0.29, 0.717) is 38.4 Å². The molecule has 0 spiro atoms. The molecule has 2 aromatic heterocycles. The van der Waals surface area contributed by atoms with Crippen LogP contribution >= 0.6 is 34.7 Å². The monoisotopic (exact) mass is 485 g/mol. The van der Waals surface area contributed by atoms with Crippen LogP contribution in [-0.4, -0.2) is 28.3 Å². The van der Waals surface area contributed by atoms with Gasteiger partial charge in [-0.15, -0.1) is 11.3 Å². The Bertz CT molecular complexity index is 1350. The number of carbonyl (C=O) groups excluding carboxylic acids is 1. The molecule has 0 fully saturated rings. The Morgan fingerprint density at radius 2 is 2.06 bits per heavy atom. The maximum absolute atomic E-state index is 13.2. The molecule has 1 amide bonds. The van der Waals surface area contributed by atoms with Crippen LogP contribution < -0.4 is 15.6 Å². The number of aromatic nitrogens is 2. The lowest BCUT2D eigenvalue weighted by atomic mass is 10.2. The molecule has 0 saturated carbocycles. The normalized spacial score (nSPS) is 11.0. The highest BCUT2D eigenvalue weighted by Crippen LogP contribution is 2.25. The molecule has 2 heterocycles. The maximum atomic E-state index is 13.2. The molecule has 6 nitrogen and oxygen atoms in total. The Balaban J connectivity index is 1.59. The van der Waals surface area contributed by atoms with Gasteiger partial charge in [0, 0.05) is 16.3 Å². The van der Waals surface area contributed by atoms with Crippen molar-refractivity contribution in [2.45, 2.75) is 18.6 Å². The molecule has 0 unspecified atom stereocenters. The number of rotatable bonds is 7. The lowest BCUT2D eigenvalue weighted by Crippen LogP contribution is -2.24. The predicted octanol–water partition coefficient (Wildman–Crippen LogP) is 5.21. The zero-order chi connectivity index (χ0) is 22.7. The summed E-state index contributed by atoms with van der Waals surface area (Å²) in [7, 11) is 1.60. The number of carbonyl (C=O) groups is 1. The number of anilines is 1. The quantitative estimate of drug-likeness (QED) is 0.287. The van der Waals surface area contributed by atoms with Crippen LogP contribution in [0, 0.1) is 6.92 Å². The molecular weight excluding hydrogens is 466 g/mol. The Morgan fingerprint density at radius 1 is 1.25 bits per heavy atom. The van der Waals surface area contributed by atoms with Crippen LogP contribution in [0.3, 0.4) is 0 Å². The number of nitrogens with one attached hydrogen (secondary N) is 1. The fourth-order valence-corrected chi connectivity index (χ4v) is 4.93. The number of benzene rings is 2. The van der Waals surface area contributed by atoms with Crippen LogP contribution in [0.4, 0.5) is 5.69 Å². The molecule has 1 N–H and O–H groups in total. The van der Waals surface area contributed by atoms with E-state index in [1.807, 2.05) is 48.7 Å². The Morgan fingerprint density at radius 3 is 2.84 bits per heavy atom. The first kappa shape index (κ1) is 22.4. The van der Waals surface area contributed by atoms with Crippen molar-refractivity contribution in [2.75, 3.05) is 18.2 Å². The van der Waals surface area contributed by atoms with Gasteiger partial charge in [0.15, 0.2) is 5.16 Å². The van der Waals surface area contributed by atoms with E-state index in [2.05, 4.69) is 10.3 Å². The van der Waals surface area contributed by atoms with Gasteiger partial charge >= 0.3 is 0 Å². The number of halogens is 1. The molecule has 32 heavy (non-hydrogen) atoms. The van der Waals surface area contributed by atoms with Gasteiger partial charge in [-0.1, -0.05) is 47.6 Å². The van der Waals surface area contributed by atoms with E-state index in [1.165, 1.54) is 23.1 Å². The van der Waals surface area contributed by atoms with Crippen LogP contribution in [0.5, 0.6) is 5.75 Å². The third-order valence-corrected chi connectivity index (χ3v) is 7.11. The lowest BCUT2D eigenvalue weighted by molar-refractivity contribution is -0.113. The van der Waals surface area contributed by atoms with Crippen LogP contribution in [0.1, 0.15) is 11.1 Å². The number of aryl methyl sites for hydroxylation is 1. The average molecular weight is 486 g/mol. The van der Waals surface area contributed by atoms with Crippen LogP contribution in [-0.2, 0) is 11.3 Å². The molecule has 2 aromatic carbocycles. The number of hydrogen-bond acceptors (Lipinski definition) is 6. The minimum Gasteiger partial charge on any atom is -0.496 e. The number of hydrogen-bond donors (Lipinski definition) is 1. The van der Waals surface area contributed by atoms with Crippen LogP contribution in [0.15, 0.2) is 63.9 Å². The van der Waals surface area contributed by atoms with Crippen molar-refractivity contribution in [1.29, 1.82) is 0 Å². The number of amides is 1. The van der Waals surface area contributed by atoms with Gasteiger partial charge in [0.05, 0.1) is 24.9 Å². The van der Waals surface area contributed by atoms with Crippen molar-refractivity contribution < 1.29 is 9.53 Å². The Labute approximate surface area is 198 Å². The molecule has 4 aromatic rings. The summed E-state index contributed by atoms with van der Waals surface area (Å²) in [6.45, 7) is 2.19. The van der Waals surface area contributed by atoms with Crippen molar-refractivity contribution in [2.24, 2.45) is 0 Å². The third-order valence-electron chi connectivity index (χ3n) is 4.84. The summed E-state index contributed by atoms with van der Waals surface area (Å²) < 4.78 is 7.62. The molecule has 0 aliphatic heterocycles. The van der Waals surface area contributed by atoms with E-state index >= 15 is 0 Å². The number of ether oxygens (including phenoxy) is 1. The highest BCUT2D eigenvalue weighted by Gasteiger charge is 2.16. The molecule has 9 heteroatoms. The largest absolute Gasteiger partial charge is 0.496 e. The van der Waals surface area contributed by atoms with Gasteiger partial charge in [-0.2, -0.15) is 0 Å². The lowest BCUT2D eigenvalue weighted by Gasteiger charge is -2.14. The SMILES string of the molecule is COc1ccccc1Cn1c(SCC(=O)Nc2ccc(C)c(Cl)c2)nc2ccsc2c1=O. The molecule has 0 aliphatic rings. The molecule has 4 rings (SSSR count). The van der Waals surface area contributed by atoms with Gasteiger partial charge < -0.3 is 10.1 Å². The van der Waals surface area contributed by atoms with Gasteiger partial charge in [0.25, 0.3) is 5.56 Å². The van der Waals surface area contributed by atoms with Gasteiger partial charge in [0.2, 0.25) is 5.91 Å². The van der Waals surface area contributed by atoms with Crippen LogP contribution in [0.25, 0.3) is 10.2 Å². The summed E-state index contributed by atoms with van der Waals surface area (Å²) in [6.07, 6.45) is 0. The molecule has 0 radical (unpaired) electrons. The fraction of sp³-hybridized carbons (Fsp3) is 0.174. The van der Waals surface area contributed by atoms with Crippen molar-refractivity contribution in [3.05, 3.63) is 80.4 Å². The maximum Gasteiger partial charge on any atom is 0.272 e. The van der Waals surface area contributed by atoms with Gasteiger partial charge in [-0.05, 0) is 42.1 Å². The van der Waals surface area contributed by atoms with E-state index < -0.39 is 0 Å². The number of nitrogens with zero attached hydrogens (tertiary/aromatic N) is 2. The number of methoxy groups -OCH3 is 1. The van der Waals surface area contributed by atoms with E-state index in [0.717, 1.165) is 11.1 Å². The standard InChI is InChI=1S/C23H20ClN3O3S2/c1-14-7-8-16(11-17(14)24)25-20(28)13-32-23-26-18-9-10-31-21(18)22(29)27(23)12-15-5-3-4-6-19(15)30-2/h3-11H,12-13H2,1-2H3,(H,25,28). The number of fused-ring (bicyclic) bond motifs is 1. The minimum atomic E-state index is -0.210. The topological polar surface area (TPSA) is 73.2 Å². The zero-order valence-corrected chi connectivity index (χ0v) is 19.8. The van der Waals surface area contributed by atoms with E-state index in [1.54, 1.807) is 23.8 Å². The van der Waals surface area contributed by atoms with Gasteiger partial charge in [-0.3, -0.25) is 14.2 Å². The summed E-state index contributed by atoms with van der Waals surface area (Å²) in [6, 6.07) is 14.7. The van der Waals surface area contributed by atoms with Gasteiger partial charge in [0.1, 0.15) is 10.4 Å². The van der Waals surface area contributed by atoms with Crippen molar-refractivity contribution in [3.8, 4) is 5.75 Å². The molecule has 164 valence electrons. The molecule has 0 atom stereocenters. The third kappa shape index (κ3) is 4.82. The smallest absolute Gasteiger partial charge is 0.272 e. The molecule has 0 bridgehead atoms. The number of para-hydroxylation sites is 1. The molecular formula is C23H20ClN3O3S2. The van der Waals surface area contributed by atoms with Gasteiger partial charge in [-0.25, -0.2) is 4.98 Å². The van der Waals surface area contributed by atoms with Crippen LogP contribution in [0.2, 0.25) is 5.02 Å². The molecule has 0 saturated heterocycles. The first-order valence-electron chi connectivity index (χ1n) is 9.75. The fourth-order valence-electron chi connectivity index (χ4n) is 3.17. The van der Waals surface area contributed by atoms with E-state index in [-0.39, 0.29) is 17.2 Å².